The molecule has 0 spiro atoms. The SMILES string of the molecule is CC[C@](C)(C#N)N1CCCCC1. The maximum absolute atomic E-state index is 9.05. The highest BCUT2D eigenvalue weighted by molar-refractivity contribution is 5.04. The van der Waals surface area contributed by atoms with Gasteiger partial charge in [0.2, 0.25) is 0 Å². The van der Waals surface area contributed by atoms with Crippen LogP contribution in [0.2, 0.25) is 0 Å². The van der Waals surface area contributed by atoms with Gasteiger partial charge in [0.05, 0.1) is 6.07 Å². The molecule has 0 aromatic rings. The molecule has 1 saturated heterocycles. The second kappa shape index (κ2) is 3.91. The Balaban J connectivity index is 2.59. The molecule has 0 amide bonds. The van der Waals surface area contributed by atoms with E-state index in [4.69, 9.17) is 5.26 Å². The molecule has 0 aromatic heterocycles. The molecular formula is C10H18N2. The first-order valence-corrected chi connectivity index (χ1v) is 4.89. The fourth-order valence-electron chi connectivity index (χ4n) is 1.76. The molecule has 0 unspecified atom stereocenters. The predicted octanol–water partition coefficient (Wildman–Crippen LogP) is 2.16. The molecule has 0 radical (unpaired) electrons. The van der Waals surface area contributed by atoms with E-state index in [1.165, 1.54) is 19.3 Å². The lowest BCUT2D eigenvalue weighted by atomic mass is 9.95. The number of likely N-dealkylation sites (tertiary alicyclic amines) is 1. The highest BCUT2D eigenvalue weighted by atomic mass is 15.2. The minimum atomic E-state index is -0.208. The average molecular weight is 166 g/mol. The fourth-order valence-corrected chi connectivity index (χ4v) is 1.76. The Morgan fingerprint density at radius 1 is 1.33 bits per heavy atom. The van der Waals surface area contributed by atoms with E-state index < -0.39 is 0 Å². The first kappa shape index (κ1) is 9.54. The van der Waals surface area contributed by atoms with Crippen molar-refractivity contribution >= 4 is 0 Å². The van der Waals surface area contributed by atoms with Crippen LogP contribution >= 0.6 is 0 Å². The quantitative estimate of drug-likeness (QED) is 0.628. The summed E-state index contributed by atoms with van der Waals surface area (Å²) >= 11 is 0. The zero-order chi connectivity index (χ0) is 9.03. The van der Waals surface area contributed by atoms with Crippen LogP contribution in [0.25, 0.3) is 0 Å². The summed E-state index contributed by atoms with van der Waals surface area (Å²) < 4.78 is 0. The maximum Gasteiger partial charge on any atom is 0.106 e. The summed E-state index contributed by atoms with van der Waals surface area (Å²) in [7, 11) is 0. The number of nitrogens with zero attached hydrogens (tertiary/aromatic N) is 2. The first-order valence-electron chi connectivity index (χ1n) is 4.89. The third kappa shape index (κ3) is 1.78. The van der Waals surface area contributed by atoms with Crippen molar-refractivity contribution in [3.63, 3.8) is 0 Å². The molecule has 0 aromatic carbocycles. The van der Waals surface area contributed by atoms with Gasteiger partial charge < -0.3 is 0 Å². The third-order valence-corrected chi connectivity index (χ3v) is 2.98. The predicted molar refractivity (Wildman–Crippen MR) is 49.7 cm³/mol. The van der Waals surface area contributed by atoms with E-state index in [0.717, 1.165) is 19.5 Å². The third-order valence-electron chi connectivity index (χ3n) is 2.98. The van der Waals surface area contributed by atoms with Crippen LogP contribution in [0.5, 0.6) is 0 Å². The summed E-state index contributed by atoms with van der Waals surface area (Å²) in [5, 5.41) is 9.05. The molecule has 2 heteroatoms. The van der Waals surface area contributed by atoms with Crippen LogP contribution in [-0.2, 0) is 0 Å². The van der Waals surface area contributed by atoms with Crippen molar-refractivity contribution in [1.82, 2.24) is 4.90 Å². The van der Waals surface area contributed by atoms with Crippen molar-refractivity contribution in [3.8, 4) is 6.07 Å². The molecule has 2 nitrogen and oxygen atoms in total. The molecule has 12 heavy (non-hydrogen) atoms. The van der Waals surface area contributed by atoms with Gasteiger partial charge in [0, 0.05) is 0 Å². The Labute approximate surface area is 75.2 Å². The summed E-state index contributed by atoms with van der Waals surface area (Å²) in [5.74, 6) is 0. The summed E-state index contributed by atoms with van der Waals surface area (Å²) in [6.45, 7) is 6.37. The Hall–Kier alpha value is -0.550. The highest BCUT2D eigenvalue weighted by Gasteiger charge is 2.30. The van der Waals surface area contributed by atoms with Crippen LogP contribution in [0.1, 0.15) is 39.5 Å². The Morgan fingerprint density at radius 2 is 1.92 bits per heavy atom. The molecule has 1 fully saturated rings. The number of hydrogen-bond acceptors (Lipinski definition) is 2. The Kier molecular flexibility index (Phi) is 3.11. The van der Waals surface area contributed by atoms with Crippen molar-refractivity contribution in [2.45, 2.75) is 45.1 Å². The van der Waals surface area contributed by atoms with E-state index in [0.29, 0.717) is 0 Å². The van der Waals surface area contributed by atoms with Gasteiger partial charge in [0.1, 0.15) is 5.54 Å². The second-order valence-electron chi connectivity index (χ2n) is 3.79. The lowest BCUT2D eigenvalue weighted by molar-refractivity contribution is 0.120. The van der Waals surface area contributed by atoms with E-state index in [9.17, 15) is 0 Å². The van der Waals surface area contributed by atoms with Gasteiger partial charge in [-0.25, -0.2) is 0 Å². The molecule has 1 rings (SSSR count). The van der Waals surface area contributed by atoms with Gasteiger partial charge in [0.25, 0.3) is 0 Å². The topological polar surface area (TPSA) is 27.0 Å². The van der Waals surface area contributed by atoms with E-state index >= 15 is 0 Å². The lowest BCUT2D eigenvalue weighted by Crippen LogP contribution is -2.47. The van der Waals surface area contributed by atoms with E-state index in [1.54, 1.807) is 0 Å². The molecule has 1 atom stereocenters. The second-order valence-corrected chi connectivity index (χ2v) is 3.79. The van der Waals surface area contributed by atoms with Crippen LogP contribution in [-0.4, -0.2) is 23.5 Å². The van der Waals surface area contributed by atoms with Crippen molar-refractivity contribution in [2.75, 3.05) is 13.1 Å². The largest absolute Gasteiger partial charge is 0.286 e. The van der Waals surface area contributed by atoms with Crippen molar-refractivity contribution in [2.24, 2.45) is 0 Å². The zero-order valence-corrected chi connectivity index (χ0v) is 8.14. The standard InChI is InChI=1S/C10H18N2/c1-3-10(2,9-11)12-7-5-4-6-8-12/h3-8H2,1-2H3/t10-/m1/s1. The smallest absolute Gasteiger partial charge is 0.106 e. The van der Waals surface area contributed by atoms with Crippen LogP contribution in [0.4, 0.5) is 0 Å². The molecule has 0 aliphatic carbocycles. The average Bonchev–Trinajstić information content (AvgIpc) is 2.18. The van der Waals surface area contributed by atoms with Crippen molar-refractivity contribution < 1.29 is 0 Å². The molecular weight excluding hydrogens is 148 g/mol. The molecule has 0 bridgehead atoms. The van der Waals surface area contributed by atoms with Gasteiger partial charge in [-0.1, -0.05) is 13.3 Å². The molecule has 1 aliphatic rings. The van der Waals surface area contributed by atoms with Gasteiger partial charge in [-0.2, -0.15) is 5.26 Å². The molecule has 0 N–H and O–H groups in total. The zero-order valence-electron chi connectivity index (χ0n) is 8.14. The van der Waals surface area contributed by atoms with Crippen LogP contribution < -0.4 is 0 Å². The van der Waals surface area contributed by atoms with E-state index in [1.807, 2.05) is 0 Å². The van der Waals surface area contributed by atoms with Crippen LogP contribution in [0, 0.1) is 11.3 Å². The van der Waals surface area contributed by atoms with Crippen molar-refractivity contribution in [3.05, 3.63) is 0 Å². The number of piperidine rings is 1. The Bertz CT molecular complexity index is 177. The number of hydrogen-bond donors (Lipinski definition) is 0. The lowest BCUT2D eigenvalue weighted by Gasteiger charge is -2.37. The fraction of sp³-hybridized carbons (Fsp3) is 0.900. The first-order chi connectivity index (χ1) is 5.73. The summed E-state index contributed by atoms with van der Waals surface area (Å²) in [6.07, 6.45) is 4.79. The number of nitriles is 1. The van der Waals surface area contributed by atoms with E-state index in [-0.39, 0.29) is 5.54 Å². The number of rotatable bonds is 2. The van der Waals surface area contributed by atoms with Gasteiger partial charge in [-0.05, 0) is 39.3 Å². The van der Waals surface area contributed by atoms with Crippen LogP contribution in [0.15, 0.2) is 0 Å². The molecule has 68 valence electrons. The van der Waals surface area contributed by atoms with Gasteiger partial charge in [-0.15, -0.1) is 0 Å². The van der Waals surface area contributed by atoms with Gasteiger partial charge >= 0.3 is 0 Å². The van der Waals surface area contributed by atoms with Crippen LogP contribution in [0.3, 0.4) is 0 Å². The van der Waals surface area contributed by atoms with Crippen molar-refractivity contribution in [1.29, 1.82) is 5.26 Å². The maximum atomic E-state index is 9.05. The Morgan fingerprint density at radius 3 is 2.33 bits per heavy atom. The van der Waals surface area contributed by atoms with Gasteiger partial charge in [-0.3, -0.25) is 4.90 Å². The summed E-state index contributed by atoms with van der Waals surface area (Å²) in [5.41, 5.74) is -0.208. The molecule has 1 heterocycles. The molecule has 1 aliphatic heterocycles. The van der Waals surface area contributed by atoms with Gasteiger partial charge in [0.15, 0.2) is 0 Å². The highest BCUT2D eigenvalue weighted by Crippen LogP contribution is 2.22. The monoisotopic (exact) mass is 166 g/mol. The normalized spacial score (nSPS) is 24.4. The van der Waals surface area contributed by atoms with E-state index in [2.05, 4.69) is 24.8 Å². The summed E-state index contributed by atoms with van der Waals surface area (Å²) in [4.78, 5) is 2.33. The summed E-state index contributed by atoms with van der Waals surface area (Å²) in [6, 6.07) is 2.42. The minimum Gasteiger partial charge on any atom is -0.286 e. The minimum absolute atomic E-state index is 0.208. The molecule has 0 saturated carbocycles.